The largest absolute Gasteiger partial charge is 0.397 e. The van der Waals surface area contributed by atoms with E-state index < -0.39 is 0 Å². The predicted octanol–water partition coefficient (Wildman–Crippen LogP) is 3.30. The van der Waals surface area contributed by atoms with Gasteiger partial charge in [0.05, 0.1) is 11.2 Å². The second-order valence-electron chi connectivity index (χ2n) is 4.97. The molecule has 0 saturated heterocycles. The van der Waals surface area contributed by atoms with Gasteiger partial charge in [-0.05, 0) is 30.2 Å². The van der Waals surface area contributed by atoms with Crippen LogP contribution < -0.4 is 10.6 Å². The van der Waals surface area contributed by atoms with Crippen molar-refractivity contribution in [2.75, 3.05) is 24.2 Å². The van der Waals surface area contributed by atoms with Crippen molar-refractivity contribution in [3.05, 3.63) is 30.5 Å². The molecule has 18 heavy (non-hydrogen) atoms. The molecular formula is C15H21N3. The number of nitrogen functional groups attached to an aromatic ring is 1. The van der Waals surface area contributed by atoms with Crippen LogP contribution in [0.1, 0.15) is 20.3 Å². The van der Waals surface area contributed by atoms with E-state index in [-0.39, 0.29) is 0 Å². The minimum absolute atomic E-state index is 0.680. The van der Waals surface area contributed by atoms with E-state index in [9.17, 15) is 0 Å². The fourth-order valence-electron chi connectivity index (χ4n) is 2.21. The number of pyridine rings is 1. The zero-order valence-corrected chi connectivity index (χ0v) is 11.4. The lowest BCUT2D eigenvalue weighted by molar-refractivity contribution is 0.560. The van der Waals surface area contributed by atoms with Crippen LogP contribution in [0.3, 0.4) is 0 Å². The summed E-state index contributed by atoms with van der Waals surface area (Å²) >= 11 is 0. The highest BCUT2D eigenvalue weighted by Gasteiger charge is 2.10. The summed E-state index contributed by atoms with van der Waals surface area (Å²) < 4.78 is 0. The van der Waals surface area contributed by atoms with Crippen LogP contribution in [0.4, 0.5) is 11.4 Å². The third-order valence-electron chi connectivity index (χ3n) is 3.47. The van der Waals surface area contributed by atoms with Gasteiger partial charge in [-0.3, -0.25) is 4.98 Å². The van der Waals surface area contributed by atoms with Crippen molar-refractivity contribution in [1.29, 1.82) is 0 Å². The fourth-order valence-corrected chi connectivity index (χ4v) is 2.21. The molecule has 0 saturated carbocycles. The van der Waals surface area contributed by atoms with E-state index in [1.54, 1.807) is 6.20 Å². The molecule has 0 spiro atoms. The molecule has 2 rings (SSSR count). The molecule has 1 heterocycles. The summed E-state index contributed by atoms with van der Waals surface area (Å²) in [6, 6.07) is 8.07. The minimum Gasteiger partial charge on any atom is -0.397 e. The van der Waals surface area contributed by atoms with E-state index in [2.05, 4.69) is 42.9 Å². The SMILES string of the molecule is CCC(C)CN(C)c1ccc(N)c2ncccc12. The molecule has 0 fully saturated rings. The lowest BCUT2D eigenvalue weighted by Crippen LogP contribution is -2.23. The van der Waals surface area contributed by atoms with Crippen molar-refractivity contribution in [2.45, 2.75) is 20.3 Å². The topological polar surface area (TPSA) is 42.1 Å². The molecule has 1 unspecified atom stereocenters. The Kier molecular flexibility index (Phi) is 3.70. The molecule has 96 valence electrons. The smallest absolute Gasteiger partial charge is 0.0951 e. The Bertz CT molecular complexity index is 536. The van der Waals surface area contributed by atoms with E-state index in [1.807, 2.05) is 12.1 Å². The van der Waals surface area contributed by atoms with Crippen molar-refractivity contribution in [2.24, 2.45) is 5.92 Å². The van der Waals surface area contributed by atoms with E-state index in [0.717, 1.165) is 23.1 Å². The minimum atomic E-state index is 0.680. The Morgan fingerprint density at radius 1 is 1.33 bits per heavy atom. The standard InChI is InChI=1S/C15H21N3/c1-4-11(2)10-18(3)14-8-7-13(16)15-12(14)6-5-9-17-15/h5-9,11H,4,10,16H2,1-3H3. The second kappa shape index (κ2) is 5.25. The Hall–Kier alpha value is -1.77. The van der Waals surface area contributed by atoms with Gasteiger partial charge in [0.25, 0.3) is 0 Å². The first-order chi connectivity index (χ1) is 8.63. The van der Waals surface area contributed by atoms with Crippen molar-refractivity contribution >= 4 is 22.3 Å². The van der Waals surface area contributed by atoms with Crippen LogP contribution in [-0.4, -0.2) is 18.6 Å². The highest BCUT2D eigenvalue weighted by Crippen LogP contribution is 2.29. The summed E-state index contributed by atoms with van der Waals surface area (Å²) in [6.45, 7) is 5.54. The van der Waals surface area contributed by atoms with Gasteiger partial charge in [0, 0.05) is 30.9 Å². The molecule has 2 aromatic rings. The van der Waals surface area contributed by atoms with Gasteiger partial charge in [0.1, 0.15) is 0 Å². The Labute approximate surface area is 109 Å². The molecule has 0 bridgehead atoms. The van der Waals surface area contributed by atoms with Crippen LogP contribution in [0.25, 0.3) is 10.9 Å². The second-order valence-corrected chi connectivity index (χ2v) is 4.97. The number of anilines is 2. The van der Waals surface area contributed by atoms with Gasteiger partial charge < -0.3 is 10.6 Å². The lowest BCUT2D eigenvalue weighted by Gasteiger charge is -2.24. The average Bonchev–Trinajstić information content (AvgIpc) is 2.39. The number of rotatable bonds is 4. The lowest BCUT2D eigenvalue weighted by atomic mass is 10.1. The van der Waals surface area contributed by atoms with E-state index >= 15 is 0 Å². The normalized spacial score (nSPS) is 12.6. The Morgan fingerprint density at radius 3 is 2.83 bits per heavy atom. The van der Waals surface area contributed by atoms with Crippen molar-refractivity contribution in [1.82, 2.24) is 4.98 Å². The van der Waals surface area contributed by atoms with Crippen LogP contribution in [0.5, 0.6) is 0 Å². The summed E-state index contributed by atoms with van der Waals surface area (Å²) in [6.07, 6.45) is 2.98. The average molecular weight is 243 g/mol. The molecule has 1 aromatic heterocycles. The maximum atomic E-state index is 5.97. The highest BCUT2D eigenvalue weighted by molar-refractivity contribution is 5.98. The van der Waals surface area contributed by atoms with Gasteiger partial charge in [0.2, 0.25) is 0 Å². The first-order valence-corrected chi connectivity index (χ1v) is 6.47. The number of nitrogens with zero attached hydrogens (tertiary/aromatic N) is 2. The third kappa shape index (κ3) is 2.40. The zero-order chi connectivity index (χ0) is 13.1. The monoisotopic (exact) mass is 243 g/mol. The predicted molar refractivity (Wildman–Crippen MR) is 78.9 cm³/mol. The Morgan fingerprint density at radius 2 is 2.11 bits per heavy atom. The van der Waals surface area contributed by atoms with Gasteiger partial charge >= 0.3 is 0 Å². The third-order valence-corrected chi connectivity index (χ3v) is 3.47. The Balaban J connectivity index is 2.42. The summed E-state index contributed by atoms with van der Waals surface area (Å²) in [7, 11) is 2.13. The van der Waals surface area contributed by atoms with Gasteiger partial charge in [-0.2, -0.15) is 0 Å². The molecule has 1 aromatic carbocycles. The van der Waals surface area contributed by atoms with Crippen LogP contribution in [0, 0.1) is 5.92 Å². The fraction of sp³-hybridized carbons (Fsp3) is 0.400. The van der Waals surface area contributed by atoms with Gasteiger partial charge in [-0.25, -0.2) is 0 Å². The molecule has 3 heteroatoms. The van der Waals surface area contributed by atoms with Crippen LogP contribution in [-0.2, 0) is 0 Å². The molecule has 2 N–H and O–H groups in total. The number of fused-ring (bicyclic) bond motifs is 1. The number of nitrogens with two attached hydrogens (primary N) is 1. The van der Waals surface area contributed by atoms with Crippen molar-refractivity contribution in [3.63, 3.8) is 0 Å². The zero-order valence-electron chi connectivity index (χ0n) is 11.4. The molecular weight excluding hydrogens is 222 g/mol. The van der Waals surface area contributed by atoms with Crippen LogP contribution in [0.15, 0.2) is 30.5 Å². The number of benzene rings is 1. The van der Waals surface area contributed by atoms with E-state index in [4.69, 9.17) is 5.73 Å². The number of aromatic nitrogens is 1. The quantitative estimate of drug-likeness (QED) is 0.838. The molecule has 0 aliphatic carbocycles. The molecule has 0 amide bonds. The van der Waals surface area contributed by atoms with Crippen molar-refractivity contribution in [3.8, 4) is 0 Å². The highest BCUT2D eigenvalue weighted by atomic mass is 15.1. The first-order valence-electron chi connectivity index (χ1n) is 6.47. The number of hydrogen-bond acceptors (Lipinski definition) is 3. The molecule has 0 radical (unpaired) electrons. The van der Waals surface area contributed by atoms with E-state index in [0.29, 0.717) is 5.92 Å². The van der Waals surface area contributed by atoms with Gasteiger partial charge in [0.15, 0.2) is 0 Å². The first kappa shape index (κ1) is 12.7. The maximum absolute atomic E-state index is 5.97. The van der Waals surface area contributed by atoms with E-state index in [1.165, 1.54) is 12.1 Å². The van der Waals surface area contributed by atoms with Crippen LogP contribution >= 0.6 is 0 Å². The summed E-state index contributed by atoms with van der Waals surface area (Å²) in [5, 5.41) is 1.13. The van der Waals surface area contributed by atoms with Crippen LogP contribution in [0.2, 0.25) is 0 Å². The molecule has 0 aliphatic heterocycles. The molecule has 1 atom stereocenters. The summed E-state index contributed by atoms with van der Waals surface area (Å²) in [5.41, 5.74) is 8.81. The van der Waals surface area contributed by atoms with Crippen molar-refractivity contribution < 1.29 is 0 Å². The summed E-state index contributed by atoms with van der Waals surface area (Å²) in [4.78, 5) is 6.66. The maximum Gasteiger partial charge on any atom is 0.0951 e. The van der Waals surface area contributed by atoms with Gasteiger partial charge in [-0.1, -0.05) is 20.3 Å². The summed E-state index contributed by atoms with van der Waals surface area (Å²) in [5.74, 6) is 0.680. The molecule has 0 aliphatic rings. The molecule has 3 nitrogen and oxygen atoms in total. The number of hydrogen-bond donors (Lipinski definition) is 1. The van der Waals surface area contributed by atoms with Gasteiger partial charge in [-0.15, -0.1) is 0 Å².